The summed E-state index contributed by atoms with van der Waals surface area (Å²) in [7, 11) is 0. The largest absolute Gasteiger partial charge is 0.226 e. The third-order valence-corrected chi connectivity index (χ3v) is 4.19. The Morgan fingerprint density at radius 1 is 0.519 bits per heavy atom. The van der Waals surface area contributed by atoms with Crippen molar-refractivity contribution in [2.24, 2.45) is 0 Å². The van der Waals surface area contributed by atoms with Crippen LogP contribution in [0.25, 0.3) is 0 Å². The summed E-state index contributed by atoms with van der Waals surface area (Å²) in [6.45, 7) is 0. The Hall–Kier alpha value is -0.150. The van der Waals surface area contributed by atoms with E-state index in [-0.39, 0.29) is 41.5 Å². The summed E-state index contributed by atoms with van der Waals surface area (Å²) in [5.41, 5.74) is 0. The fourth-order valence-corrected chi connectivity index (χ4v) is 2.79. The molecule has 0 aliphatic rings. The van der Waals surface area contributed by atoms with E-state index in [0.717, 1.165) is 0 Å². The average molecular weight is 550 g/mol. The highest BCUT2D eigenvalue weighted by molar-refractivity contribution is 6.47. The minimum Gasteiger partial charge on any atom is -0.226 e. The zero-order valence-corrected chi connectivity index (χ0v) is 19.1. The molecule has 0 spiro atoms. The first kappa shape index (κ1) is 24.9. The summed E-state index contributed by atoms with van der Waals surface area (Å²) in [4.78, 5) is 21.4. The SMILES string of the molecule is Clc1cc(Cl)nc(Cl)n1.Clc1ccnc(Cl)n1.Clc1nc(Cl)c(Cl)c(Cl)n1. The van der Waals surface area contributed by atoms with Crippen LogP contribution >= 0.6 is 104 Å². The van der Waals surface area contributed by atoms with Gasteiger partial charge in [0, 0.05) is 12.3 Å². The Bertz CT molecular complexity index is 820. The van der Waals surface area contributed by atoms with Gasteiger partial charge in [-0.05, 0) is 40.9 Å². The Labute approximate surface area is 198 Å². The second kappa shape index (κ2) is 12.4. The fourth-order valence-electron chi connectivity index (χ4n) is 1.05. The lowest BCUT2D eigenvalue weighted by Crippen LogP contribution is -1.84. The Kier molecular flexibility index (Phi) is 11.4. The Balaban J connectivity index is 0.000000204. The van der Waals surface area contributed by atoms with Crippen LogP contribution in [0.2, 0.25) is 46.6 Å². The van der Waals surface area contributed by atoms with Gasteiger partial charge in [0.1, 0.15) is 20.5 Å². The van der Waals surface area contributed by atoms with E-state index >= 15 is 0 Å². The van der Waals surface area contributed by atoms with E-state index in [2.05, 4.69) is 29.9 Å². The van der Waals surface area contributed by atoms with Crippen molar-refractivity contribution in [1.29, 1.82) is 0 Å². The molecule has 15 heteroatoms. The molecule has 3 aromatic rings. The molecule has 0 N–H and O–H groups in total. The third-order valence-electron chi connectivity index (χ3n) is 1.97. The molecule has 3 heterocycles. The maximum absolute atomic E-state index is 5.50. The highest BCUT2D eigenvalue weighted by atomic mass is 35.5. The molecule has 0 aliphatic heterocycles. The zero-order chi connectivity index (χ0) is 20.6. The van der Waals surface area contributed by atoms with Gasteiger partial charge in [0.05, 0.1) is 0 Å². The van der Waals surface area contributed by atoms with Crippen molar-refractivity contribution in [3.05, 3.63) is 65.0 Å². The van der Waals surface area contributed by atoms with Crippen LogP contribution in [0, 0.1) is 0 Å². The van der Waals surface area contributed by atoms with Gasteiger partial charge >= 0.3 is 0 Å². The molecule has 3 aromatic heterocycles. The van der Waals surface area contributed by atoms with Crippen LogP contribution in [0.4, 0.5) is 0 Å². The summed E-state index contributed by atoms with van der Waals surface area (Å²) in [6, 6.07) is 2.97. The van der Waals surface area contributed by atoms with Crippen LogP contribution in [0.5, 0.6) is 0 Å². The molecule has 0 unspecified atom stereocenters. The van der Waals surface area contributed by atoms with Gasteiger partial charge in [-0.2, -0.15) is 0 Å². The van der Waals surface area contributed by atoms with Gasteiger partial charge in [0.2, 0.25) is 15.9 Å². The molecule has 0 atom stereocenters. The molecule has 0 aliphatic carbocycles. The lowest BCUT2D eigenvalue weighted by Gasteiger charge is -1.95. The van der Waals surface area contributed by atoms with E-state index < -0.39 is 0 Å². The first-order chi connectivity index (χ1) is 12.6. The standard InChI is InChI=1S/C4Cl4N2.C4HCl3N2.C4H2Cl2N2/c5-1-2(6)9-4(8)10-3(1)7;5-2-1-3(6)9-4(7)8-2;5-3-1-2-7-4(6)8-3/h;1H;1-2H. The van der Waals surface area contributed by atoms with Gasteiger partial charge < -0.3 is 0 Å². The van der Waals surface area contributed by atoms with Crippen LogP contribution in [0.3, 0.4) is 0 Å². The highest BCUT2D eigenvalue weighted by Gasteiger charge is 2.06. The second-order valence-electron chi connectivity index (χ2n) is 3.82. The maximum Gasteiger partial charge on any atom is 0.225 e. The molecule has 0 saturated carbocycles. The summed E-state index contributed by atoms with van der Waals surface area (Å²) < 4.78 is 0. The van der Waals surface area contributed by atoms with Crippen molar-refractivity contribution in [1.82, 2.24) is 29.9 Å². The van der Waals surface area contributed by atoms with E-state index in [1.807, 2.05) is 0 Å². The molecule has 0 aromatic carbocycles. The predicted octanol–water partition coefficient (Wildman–Crippen LogP) is 7.31. The van der Waals surface area contributed by atoms with Crippen molar-refractivity contribution in [2.75, 3.05) is 0 Å². The van der Waals surface area contributed by atoms with Crippen molar-refractivity contribution in [3.63, 3.8) is 0 Å². The molecule has 0 radical (unpaired) electrons. The molecule has 3 rings (SSSR count). The molecule has 6 nitrogen and oxygen atoms in total. The van der Waals surface area contributed by atoms with Gasteiger partial charge in [-0.3, -0.25) is 0 Å². The second-order valence-corrected chi connectivity index (χ2v) is 7.09. The van der Waals surface area contributed by atoms with Crippen LogP contribution in [-0.2, 0) is 0 Å². The number of nitrogens with zero attached hydrogens (tertiary/aromatic N) is 6. The number of aromatic nitrogens is 6. The first-order valence-corrected chi connectivity index (χ1v) is 9.52. The van der Waals surface area contributed by atoms with Gasteiger partial charge in [-0.15, -0.1) is 0 Å². The summed E-state index contributed by atoms with van der Waals surface area (Å²) in [5.74, 6) is 0. The molecular weight excluding hydrogens is 547 g/mol. The van der Waals surface area contributed by atoms with Crippen molar-refractivity contribution in [3.8, 4) is 0 Å². The van der Waals surface area contributed by atoms with Crippen LogP contribution in [0.1, 0.15) is 0 Å². The monoisotopic (exact) mass is 546 g/mol. The van der Waals surface area contributed by atoms with Crippen LogP contribution in [0.15, 0.2) is 18.3 Å². The third kappa shape index (κ3) is 10.3. The number of hydrogen-bond acceptors (Lipinski definition) is 6. The number of halogens is 9. The number of hydrogen-bond donors (Lipinski definition) is 0. The molecule has 0 amide bonds. The minimum absolute atomic E-state index is 0.0144. The molecule has 0 fully saturated rings. The Morgan fingerprint density at radius 3 is 1.33 bits per heavy atom. The lowest BCUT2D eigenvalue weighted by molar-refractivity contribution is 1.17. The quantitative estimate of drug-likeness (QED) is 0.216. The Morgan fingerprint density at radius 2 is 0.963 bits per heavy atom. The van der Waals surface area contributed by atoms with Crippen LogP contribution in [-0.4, -0.2) is 29.9 Å². The normalized spacial score (nSPS) is 9.67. The van der Waals surface area contributed by atoms with E-state index in [1.54, 1.807) is 6.07 Å². The number of rotatable bonds is 0. The predicted molar refractivity (Wildman–Crippen MR) is 111 cm³/mol. The van der Waals surface area contributed by atoms with Gasteiger partial charge in [0.25, 0.3) is 0 Å². The summed E-state index contributed by atoms with van der Waals surface area (Å²) in [5, 5.41) is 1.33. The summed E-state index contributed by atoms with van der Waals surface area (Å²) in [6.07, 6.45) is 1.50. The van der Waals surface area contributed by atoms with Gasteiger partial charge in [-0.1, -0.05) is 69.6 Å². The topological polar surface area (TPSA) is 77.3 Å². The van der Waals surface area contributed by atoms with Gasteiger partial charge in [-0.25, -0.2) is 29.9 Å². The maximum atomic E-state index is 5.50. The average Bonchev–Trinajstić information content (AvgIpc) is 2.52. The summed E-state index contributed by atoms with van der Waals surface area (Å²) >= 11 is 48.8. The van der Waals surface area contributed by atoms with E-state index in [4.69, 9.17) is 104 Å². The van der Waals surface area contributed by atoms with Crippen LogP contribution < -0.4 is 0 Å². The van der Waals surface area contributed by atoms with E-state index in [9.17, 15) is 0 Å². The molecule has 144 valence electrons. The molecule has 27 heavy (non-hydrogen) atoms. The van der Waals surface area contributed by atoms with E-state index in [0.29, 0.717) is 5.15 Å². The fraction of sp³-hybridized carbons (Fsp3) is 0. The minimum atomic E-state index is -0.0144. The molecule has 0 bridgehead atoms. The molecule has 0 saturated heterocycles. The lowest BCUT2D eigenvalue weighted by atomic mass is 10.7. The highest BCUT2D eigenvalue weighted by Crippen LogP contribution is 2.27. The van der Waals surface area contributed by atoms with Crippen molar-refractivity contribution in [2.45, 2.75) is 0 Å². The van der Waals surface area contributed by atoms with Crippen molar-refractivity contribution >= 4 is 104 Å². The molecular formula is C12H3Cl9N6. The van der Waals surface area contributed by atoms with Crippen molar-refractivity contribution < 1.29 is 0 Å². The van der Waals surface area contributed by atoms with Gasteiger partial charge in [0.15, 0.2) is 10.3 Å². The zero-order valence-electron chi connectivity index (χ0n) is 12.3. The first-order valence-electron chi connectivity index (χ1n) is 6.12. The van der Waals surface area contributed by atoms with E-state index in [1.165, 1.54) is 12.3 Å². The smallest absolute Gasteiger partial charge is 0.225 e.